The predicted octanol–water partition coefficient (Wildman–Crippen LogP) is 2.27. The Kier molecular flexibility index (Phi) is 4.35. The number of nitrogens with one attached hydrogen (secondary N) is 1. The van der Waals surface area contributed by atoms with Gasteiger partial charge in [0.25, 0.3) is 0 Å². The molecule has 1 atom stereocenters. The maximum atomic E-state index is 5.86. The van der Waals surface area contributed by atoms with Gasteiger partial charge in [-0.3, -0.25) is 4.90 Å². The Labute approximate surface area is 112 Å². The molecule has 3 heteroatoms. The molecule has 1 unspecified atom stereocenters. The lowest BCUT2D eigenvalue weighted by molar-refractivity contribution is -0.0146. The first-order valence-corrected chi connectivity index (χ1v) is 7.50. The fourth-order valence-electron chi connectivity index (χ4n) is 2.94. The van der Waals surface area contributed by atoms with E-state index < -0.39 is 0 Å². The minimum atomic E-state index is -0.0100. The second kappa shape index (κ2) is 5.48. The molecule has 2 rings (SSSR count). The number of nitrogens with zero attached hydrogens (tertiary/aromatic N) is 1. The molecule has 0 radical (unpaired) electrons. The van der Waals surface area contributed by atoms with Gasteiger partial charge in [0.05, 0.1) is 12.2 Å². The SMILES string of the molecule is CC(C)(C)OCCN1CCCNC(C)(C2CC2)C1. The van der Waals surface area contributed by atoms with Crippen LogP contribution in [0.5, 0.6) is 0 Å². The zero-order chi connectivity index (χ0) is 13.2. The van der Waals surface area contributed by atoms with Crippen LogP contribution >= 0.6 is 0 Å². The van der Waals surface area contributed by atoms with Crippen LogP contribution in [0.25, 0.3) is 0 Å². The molecule has 0 aromatic heterocycles. The fraction of sp³-hybridized carbons (Fsp3) is 1.00. The summed E-state index contributed by atoms with van der Waals surface area (Å²) in [7, 11) is 0. The average Bonchev–Trinajstić information content (AvgIpc) is 3.03. The summed E-state index contributed by atoms with van der Waals surface area (Å²) in [4.78, 5) is 2.59. The van der Waals surface area contributed by atoms with Gasteiger partial charge < -0.3 is 10.1 Å². The predicted molar refractivity (Wildman–Crippen MR) is 75.9 cm³/mol. The lowest BCUT2D eigenvalue weighted by Gasteiger charge is -2.34. The summed E-state index contributed by atoms with van der Waals surface area (Å²) in [5.74, 6) is 0.904. The first-order valence-electron chi connectivity index (χ1n) is 7.50. The molecule has 0 aromatic rings. The molecule has 0 aromatic carbocycles. The summed E-state index contributed by atoms with van der Waals surface area (Å²) in [6.45, 7) is 14.3. The Morgan fingerprint density at radius 1 is 1.33 bits per heavy atom. The summed E-state index contributed by atoms with van der Waals surface area (Å²) in [5, 5.41) is 3.77. The third kappa shape index (κ3) is 4.22. The normalized spacial score (nSPS) is 31.3. The van der Waals surface area contributed by atoms with Crippen LogP contribution in [0.3, 0.4) is 0 Å². The molecule has 0 spiro atoms. The lowest BCUT2D eigenvalue weighted by atomic mass is 9.95. The van der Waals surface area contributed by atoms with Crippen LogP contribution in [-0.2, 0) is 4.74 Å². The molecule has 1 N–H and O–H groups in total. The Morgan fingerprint density at radius 2 is 2.06 bits per heavy atom. The highest BCUT2D eigenvalue weighted by Gasteiger charge is 2.42. The molecule has 2 fully saturated rings. The topological polar surface area (TPSA) is 24.5 Å². The molecule has 1 saturated heterocycles. The van der Waals surface area contributed by atoms with E-state index in [1.807, 2.05) is 0 Å². The van der Waals surface area contributed by atoms with Gasteiger partial charge in [-0.1, -0.05) is 0 Å². The summed E-state index contributed by atoms with van der Waals surface area (Å²) < 4.78 is 5.86. The van der Waals surface area contributed by atoms with Gasteiger partial charge in [0, 0.05) is 18.6 Å². The van der Waals surface area contributed by atoms with E-state index in [2.05, 4.69) is 37.9 Å². The summed E-state index contributed by atoms with van der Waals surface area (Å²) in [6, 6.07) is 0. The van der Waals surface area contributed by atoms with E-state index in [0.29, 0.717) is 5.54 Å². The molecule has 1 aliphatic heterocycles. The van der Waals surface area contributed by atoms with Gasteiger partial charge in [-0.2, -0.15) is 0 Å². The van der Waals surface area contributed by atoms with Crippen molar-refractivity contribution < 1.29 is 4.74 Å². The molecule has 106 valence electrons. The maximum absolute atomic E-state index is 5.86. The third-order valence-corrected chi connectivity index (χ3v) is 4.15. The highest BCUT2D eigenvalue weighted by Crippen LogP contribution is 2.40. The summed E-state index contributed by atoms with van der Waals surface area (Å²) in [5.41, 5.74) is 0.335. The van der Waals surface area contributed by atoms with Crippen LogP contribution in [0.1, 0.15) is 47.0 Å². The van der Waals surface area contributed by atoms with Crippen LogP contribution in [0.4, 0.5) is 0 Å². The standard InChI is InChI=1S/C15H30N2O/c1-14(2,3)18-11-10-17-9-5-8-16-15(4,12-17)13-6-7-13/h13,16H,5-12H2,1-4H3. The van der Waals surface area contributed by atoms with Gasteiger partial charge in [-0.25, -0.2) is 0 Å². The zero-order valence-electron chi connectivity index (χ0n) is 12.6. The van der Waals surface area contributed by atoms with Crippen molar-refractivity contribution in [2.45, 2.75) is 58.1 Å². The third-order valence-electron chi connectivity index (χ3n) is 4.15. The molecule has 18 heavy (non-hydrogen) atoms. The fourth-order valence-corrected chi connectivity index (χ4v) is 2.94. The monoisotopic (exact) mass is 254 g/mol. The zero-order valence-corrected chi connectivity index (χ0v) is 12.6. The largest absolute Gasteiger partial charge is 0.375 e. The van der Waals surface area contributed by atoms with E-state index in [1.165, 1.54) is 38.9 Å². The Hall–Kier alpha value is -0.120. The van der Waals surface area contributed by atoms with Crippen molar-refractivity contribution in [2.75, 3.05) is 32.8 Å². The van der Waals surface area contributed by atoms with Crippen LogP contribution in [0.15, 0.2) is 0 Å². The van der Waals surface area contributed by atoms with Gasteiger partial charge in [-0.05, 0) is 66.0 Å². The second-order valence-electron chi connectivity index (χ2n) is 7.21. The van der Waals surface area contributed by atoms with Crippen molar-refractivity contribution in [3.05, 3.63) is 0 Å². The molecular weight excluding hydrogens is 224 g/mol. The van der Waals surface area contributed by atoms with E-state index in [0.717, 1.165) is 19.1 Å². The van der Waals surface area contributed by atoms with E-state index in [1.54, 1.807) is 0 Å². The van der Waals surface area contributed by atoms with E-state index in [-0.39, 0.29) is 5.60 Å². The highest BCUT2D eigenvalue weighted by atomic mass is 16.5. The van der Waals surface area contributed by atoms with Crippen LogP contribution in [-0.4, -0.2) is 48.8 Å². The van der Waals surface area contributed by atoms with Gasteiger partial charge in [0.15, 0.2) is 0 Å². The molecule has 1 saturated carbocycles. The van der Waals surface area contributed by atoms with Crippen molar-refractivity contribution in [1.29, 1.82) is 0 Å². The van der Waals surface area contributed by atoms with E-state index in [4.69, 9.17) is 4.74 Å². The van der Waals surface area contributed by atoms with E-state index >= 15 is 0 Å². The molecular formula is C15H30N2O. The molecule has 0 bridgehead atoms. The summed E-state index contributed by atoms with van der Waals surface area (Å²) >= 11 is 0. The van der Waals surface area contributed by atoms with Crippen molar-refractivity contribution in [2.24, 2.45) is 5.92 Å². The number of ether oxygens (including phenoxy) is 1. The van der Waals surface area contributed by atoms with Gasteiger partial charge in [0.1, 0.15) is 0 Å². The van der Waals surface area contributed by atoms with Crippen molar-refractivity contribution in [3.8, 4) is 0 Å². The quantitative estimate of drug-likeness (QED) is 0.833. The van der Waals surface area contributed by atoms with Crippen molar-refractivity contribution in [1.82, 2.24) is 10.2 Å². The van der Waals surface area contributed by atoms with Gasteiger partial charge >= 0.3 is 0 Å². The summed E-state index contributed by atoms with van der Waals surface area (Å²) in [6.07, 6.45) is 4.09. The molecule has 2 aliphatic rings. The first kappa shape index (κ1) is 14.3. The molecule has 0 amide bonds. The van der Waals surface area contributed by atoms with Crippen LogP contribution in [0.2, 0.25) is 0 Å². The van der Waals surface area contributed by atoms with Crippen LogP contribution in [0, 0.1) is 5.92 Å². The smallest absolute Gasteiger partial charge is 0.0600 e. The number of rotatable bonds is 4. The first-order chi connectivity index (χ1) is 8.39. The van der Waals surface area contributed by atoms with E-state index in [9.17, 15) is 0 Å². The lowest BCUT2D eigenvalue weighted by Crippen LogP contribution is -2.51. The van der Waals surface area contributed by atoms with Gasteiger partial charge in [-0.15, -0.1) is 0 Å². The average molecular weight is 254 g/mol. The molecule has 1 heterocycles. The minimum Gasteiger partial charge on any atom is -0.375 e. The molecule has 3 nitrogen and oxygen atoms in total. The van der Waals surface area contributed by atoms with Crippen molar-refractivity contribution in [3.63, 3.8) is 0 Å². The Balaban J connectivity index is 1.80. The highest BCUT2D eigenvalue weighted by molar-refractivity contribution is 5.00. The Bertz CT molecular complexity index is 270. The maximum Gasteiger partial charge on any atom is 0.0600 e. The minimum absolute atomic E-state index is 0.0100. The second-order valence-corrected chi connectivity index (χ2v) is 7.21. The van der Waals surface area contributed by atoms with Gasteiger partial charge in [0.2, 0.25) is 0 Å². The number of hydrogen-bond acceptors (Lipinski definition) is 3. The Morgan fingerprint density at radius 3 is 2.67 bits per heavy atom. The van der Waals surface area contributed by atoms with Crippen molar-refractivity contribution >= 4 is 0 Å². The van der Waals surface area contributed by atoms with Crippen LogP contribution < -0.4 is 5.32 Å². The number of hydrogen-bond donors (Lipinski definition) is 1. The molecule has 1 aliphatic carbocycles.